The molecule has 1 saturated carbocycles. The molecule has 1 aliphatic heterocycles. The molecule has 3 rings (SSSR count). The van der Waals surface area contributed by atoms with E-state index in [0.717, 1.165) is 6.07 Å². The van der Waals surface area contributed by atoms with Crippen LogP contribution in [0, 0.1) is 11.2 Å². The van der Waals surface area contributed by atoms with Crippen molar-refractivity contribution in [3.8, 4) is 0 Å². The highest BCUT2D eigenvalue weighted by Gasteiger charge is 2.62. The first-order valence-electron chi connectivity index (χ1n) is 5.61. The van der Waals surface area contributed by atoms with Crippen LogP contribution in [0.3, 0.4) is 0 Å². The Labute approximate surface area is 115 Å². The maximum absolute atomic E-state index is 13.9. The van der Waals surface area contributed by atoms with Crippen LogP contribution in [0.4, 0.5) is 14.9 Å². The second kappa shape index (κ2) is 3.86. The zero-order chi connectivity index (χ0) is 13.8. The summed E-state index contributed by atoms with van der Waals surface area (Å²) in [6, 6.07) is 3.21. The van der Waals surface area contributed by atoms with Crippen molar-refractivity contribution >= 4 is 39.5 Å². The highest BCUT2D eigenvalue weighted by Crippen LogP contribution is 2.50. The minimum Gasteiger partial charge on any atom is -0.276 e. The van der Waals surface area contributed by atoms with Crippen molar-refractivity contribution in [2.24, 2.45) is 5.41 Å². The monoisotopic (exact) mass is 326 g/mol. The van der Waals surface area contributed by atoms with E-state index in [1.54, 1.807) is 0 Å². The Kier molecular flexibility index (Phi) is 2.50. The van der Waals surface area contributed by atoms with E-state index in [1.165, 1.54) is 12.1 Å². The quantitative estimate of drug-likeness (QED) is 0.802. The van der Waals surface area contributed by atoms with Crippen LogP contribution in [0.2, 0.25) is 0 Å². The molecule has 98 valence electrons. The van der Waals surface area contributed by atoms with E-state index in [4.69, 9.17) is 0 Å². The van der Waals surface area contributed by atoms with Crippen molar-refractivity contribution in [1.82, 2.24) is 5.32 Å². The van der Waals surface area contributed by atoms with Crippen molar-refractivity contribution < 1.29 is 18.8 Å². The van der Waals surface area contributed by atoms with E-state index in [9.17, 15) is 18.8 Å². The van der Waals surface area contributed by atoms with Crippen LogP contribution in [0.15, 0.2) is 22.7 Å². The van der Waals surface area contributed by atoms with Gasteiger partial charge in [0.15, 0.2) is 0 Å². The predicted molar refractivity (Wildman–Crippen MR) is 66.8 cm³/mol. The van der Waals surface area contributed by atoms with Crippen molar-refractivity contribution in [3.63, 3.8) is 0 Å². The van der Waals surface area contributed by atoms with E-state index in [1.807, 2.05) is 0 Å². The average molecular weight is 327 g/mol. The van der Waals surface area contributed by atoms with Gasteiger partial charge in [0.1, 0.15) is 16.9 Å². The number of anilines is 1. The molecule has 0 bridgehead atoms. The van der Waals surface area contributed by atoms with Crippen LogP contribution in [0.5, 0.6) is 0 Å². The Morgan fingerprint density at radius 3 is 2.53 bits per heavy atom. The third-order valence-electron chi connectivity index (χ3n) is 3.38. The van der Waals surface area contributed by atoms with Gasteiger partial charge in [-0.2, -0.15) is 0 Å². The van der Waals surface area contributed by atoms with E-state index in [0.29, 0.717) is 17.7 Å². The molecular formula is C12H8BrFN2O3. The van der Waals surface area contributed by atoms with E-state index >= 15 is 0 Å². The van der Waals surface area contributed by atoms with Crippen molar-refractivity contribution in [1.29, 1.82) is 0 Å². The number of rotatable bonds is 1. The number of urea groups is 1. The van der Waals surface area contributed by atoms with Gasteiger partial charge in [-0.25, -0.2) is 14.1 Å². The standard InChI is InChI=1S/C12H8BrFN2O3/c13-6-2-1-3-7(14)8(6)16-10(18)12(4-5-12)9(17)15-11(16)19/h1-3H,4-5H2,(H,15,17,19). The molecule has 0 radical (unpaired) electrons. The number of nitrogens with one attached hydrogen (secondary N) is 1. The summed E-state index contributed by atoms with van der Waals surface area (Å²) in [4.78, 5) is 36.5. The SMILES string of the molecule is O=C1NC(=O)C2(CC2)C(=O)N1c1c(F)cccc1Br. The molecule has 1 saturated heterocycles. The molecule has 7 heteroatoms. The van der Waals surface area contributed by atoms with Gasteiger partial charge in [0.2, 0.25) is 5.91 Å². The third kappa shape index (κ3) is 1.61. The number of imide groups is 2. The summed E-state index contributed by atoms with van der Waals surface area (Å²) < 4.78 is 14.1. The molecule has 1 aromatic rings. The summed E-state index contributed by atoms with van der Waals surface area (Å²) in [6.07, 6.45) is 0.765. The number of hydrogen-bond acceptors (Lipinski definition) is 3. The van der Waals surface area contributed by atoms with Gasteiger partial charge in [0.05, 0.1) is 0 Å². The molecule has 19 heavy (non-hydrogen) atoms. The molecule has 1 aromatic carbocycles. The van der Waals surface area contributed by atoms with Crippen LogP contribution in [-0.2, 0) is 9.59 Å². The van der Waals surface area contributed by atoms with Gasteiger partial charge in [0.25, 0.3) is 5.91 Å². The third-order valence-corrected chi connectivity index (χ3v) is 4.02. The van der Waals surface area contributed by atoms with Crippen LogP contribution in [0.25, 0.3) is 0 Å². The number of benzene rings is 1. The highest BCUT2D eigenvalue weighted by atomic mass is 79.9. The number of nitrogens with zero attached hydrogens (tertiary/aromatic N) is 1. The van der Waals surface area contributed by atoms with Crippen molar-refractivity contribution in [3.05, 3.63) is 28.5 Å². The summed E-state index contributed by atoms with van der Waals surface area (Å²) in [6.45, 7) is 0. The van der Waals surface area contributed by atoms with E-state index in [-0.39, 0.29) is 10.2 Å². The van der Waals surface area contributed by atoms with Gasteiger partial charge in [-0.15, -0.1) is 0 Å². The van der Waals surface area contributed by atoms with Gasteiger partial charge in [-0.1, -0.05) is 6.07 Å². The molecule has 4 amide bonds. The van der Waals surface area contributed by atoms with E-state index < -0.39 is 29.1 Å². The number of para-hydroxylation sites is 1. The first-order chi connectivity index (χ1) is 8.97. The molecule has 1 spiro atoms. The van der Waals surface area contributed by atoms with Crippen molar-refractivity contribution in [2.75, 3.05) is 4.90 Å². The number of halogens is 2. The van der Waals surface area contributed by atoms with Gasteiger partial charge >= 0.3 is 6.03 Å². The molecule has 0 atom stereocenters. The molecule has 1 heterocycles. The Hall–Kier alpha value is -1.76. The Bertz CT molecular complexity index is 607. The number of amides is 4. The molecule has 2 fully saturated rings. The fourth-order valence-corrected chi connectivity index (χ4v) is 2.67. The number of carbonyl (C=O) groups excluding carboxylic acids is 3. The lowest BCUT2D eigenvalue weighted by atomic mass is 10.0. The van der Waals surface area contributed by atoms with Crippen molar-refractivity contribution in [2.45, 2.75) is 12.8 Å². The maximum Gasteiger partial charge on any atom is 0.335 e. The second-order valence-electron chi connectivity index (χ2n) is 4.55. The lowest BCUT2D eigenvalue weighted by molar-refractivity contribution is -0.136. The van der Waals surface area contributed by atoms with Gasteiger partial charge < -0.3 is 0 Å². The zero-order valence-electron chi connectivity index (χ0n) is 9.57. The molecular weight excluding hydrogens is 319 g/mol. The first kappa shape index (κ1) is 12.3. The Balaban J connectivity index is 2.12. The van der Waals surface area contributed by atoms with Gasteiger partial charge in [0, 0.05) is 4.47 Å². The van der Waals surface area contributed by atoms with E-state index in [2.05, 4.69) is 21.2 Å². The number of carbonyl (C=O) groups is 3. The van der Waals surface area contributed by atoms with Crippen LogP contribution in [-0.4, -0.2) is 17.8 Å². The van der Waals surface area contributed by atoms with Crippen LogP contribution in [0.1, 0.15) is 12.8 Å². The minimum atomic E-state index is -1.18. The first-order valence-corrected chi connectivity index (χ1v) is 6.41. The van der Waals surface area contributed by atoms with Crippen LogP contribution >= 0.6 is 15.9 Å². The zero-order valence-corrected chi connectivity index (χ0v) is 11.2. The molecule has 2 aliphatic rings. The fourth-order valence-electron chi connectivity index (χ4n) is 2.15. The summed E-state index contributed by atoms with van der Waals surface area (Å²) in [7, 11) is 0. The number of hydrogen-bond donors (Lipinski definition) is 1. The summed E-state index contributed by atoms with van der Waals surface area (Å²) in [5, 5.41) is 2.11. The summed E-state index contributed by atoms with van der Waals surface area (Å²) >= 11 is 3.11. The molecule has 5 nitrogen and oxygen atoms in total. The normalized spacial score (nSPS) is 20.7. The second-order valence-corrected chi connectivity index (χ2v) is 5.41. The largest absolute Gasteiger partial charge is 0.335 e. The lowest BCUT2D eigenvalue weighted by Gasteiger charge is -2.30. The average Bonchev–Trinajstić information content (AvgIpc) is 3.12. The Morgan fingerprint density at radius 1 is 1.26 bits per heavy atom. The lowest BCUT2D eigenvalue weighted by Crippen LogP contribution is -2.59. The smallest absolute Gasteiger partial charge is 0.276 e. The Morgan fingerprint density at radius 2 is 1.95 bits per heavy atom. The highest BCUT2D eigenvalue weighted by molar-refractivity contribution is 9.10. The predicted octanol–water partition coefficient (Wildman–Crippen LogP) is 1.95. The maximum atomic E-state index is 13.9. The number of barbiturate groups is 1. The summed E-state index contributed by atoms with van der Waals surface area (Å²) in [5.41, 5.74) is -1.35. The topological polar surface area (TPSA) is 66.5 Å². The van der Waals surface area contributed by atoms with Gasteiger partial charge in [-0.05, 0) is 40.9 Å². The minimum absolute atomic E-state index is 0.163. The summed E-state index contributed by atoms with van der Waals surface area (Å²) in [5.74, 6) is -1.96. The molecule has 1 N–H and O–H groups in total. The fraction of sp³-hybridized carbons (Fsp3) is 0.250. The molecule has 1 aliphatic carbocycles. The molecule has 0 aromatic heterocycles. The molecule has 0 unspecified atom stereocenters. The van der Waals surface area contributed by atoms with Gasteiger partial charge in [-0.3, -0.25) is 14.9 Å². The van der Waals surface area contributed by atoms with Crippen LogP contribution < -0.4 is 10.2 Å².